The van der Waals surface area contributed by atoms with Crippen molar-refractivity contribution in [3.63, 3.8) is 0 Å². The molecule has 10 heteroatoms. The number of nitrogens with two attached hydrogens (primary N) is 1. The zero-order valence-electron chi connectivity index (χ0n) is 20.9. The van der Waals surface area contributed by atoms with Crippen LogP contribution in [0.15, 0.2) is 42.7 Å². The second-order valence-corrected chi connectivity index (χ2v) is 11.0. The zero-order chi connectivity index (χ0) is 26.6. The minimum absolute atomic E-state index is 0.0555. The van der Waals surface area contributed by atoms with Crippen LogP contribution >= 0.6 is 35.0 Å². The van der Waals surface area contributed by atoms with Crippen molar-refractivity contribution < 1.29 is 9.13 Å². The van der Waals surface area contributed by atoms with Crippen LogP contribution in [0.5, 0.6) is 5.75 Å². The number of pyridine rings is 2. The van der Waals surface area contributed by atoms with Crippen molar-refractivity contribution in [2.24, 2.45) is 5.41 Å². The summed E-state index contributed by atoms with van der Waals surface area (Å²) in [6.45, 7) is 6.05. The molecule has 0 atom stereocenters. The van der Waals surface area contributed by atoms with E-state index in [2.05, 4.69) is 14.9 Å². The first kappa shape index (κ1) is 27.5. The Morgan fingerprint density at radius 2 is 1.86 bits per heavy atom. The van der Waals surface area contributed by atoms with E-state index in [1.165, 1.54) is 30.5 Å². The fourth-order valence-electron chi connectivity index (χ4n) is 4.53. The molecule has 0 unspecified atom stereocenters. The fourth-order valence-corrected chi connectivity index (χ4v) is 6.34. The Bertz CT molecular complexity index is 1260. The molecule has 2 fully saturated rings. The number of nitrogens with zero attached hydrogens (tertiary/aromatic N) is 3. The van der Waals surface area contributed by atoms with Gasteiger partial charge in [0.15, 0.2) is 0 Å². The van der Waals surface area contributed by atoms with E-state index in [1.54, 1.807) is 24.4 Å². The highest BCUT2D eigenvalue weighted by Crippen LogP contribution is 2.44. The molecule has 0 saturated carbocycles. The molecule has 3 aromatic rings. The number of halogens is 3. The van der Waals surface area contributed by atoms with Crippen molar-refractivity contribution in [3.05, 3.63) is 75.4 Å². The molecule has 0 radical (unpaired) electrons. The van der Waals surface area contributed by atoms with Gasteiger partial charge in [0, 0.05) is 53.3 Å². The lowest BCUT2D eigenvalue weighted by molar-refractivity contribution is 0.192. The highest BCUT2D eigenvalue weighted by atomic mass is 35.5. The Morgan fingerprint density at radius 3 is 2.54 bits per heavy atom. The highest BCUT2D eigenvalue weighted by Gasteiger charge is 2.44. The molecule has 2 aromatic heterocycles. The molecule has 1 spiro atoms. The number of ether oxygens (including phenoxy) is 1. The Hall–Kier alpha value is -2.55. The maximum Gasteiger partial charge on any atom is 0.232 e. The normalized spacial score (nSPS) is 16.0. The molecule has 0 bridgehead atoms. The average Bonchev–Trinajstić information content (AvgIpc) is 2.91. The molecule has 37 heavy (non-hydrogen) atoms. The topological polar surface area (TPSA) is 88.1 Å². The van der Waals surface area contributed by atoms with Crippen molar-refractivity contribution in [2.75, 3.05) is 35.2 Å². The number of hydrogen-bond acceptors (Lipinski definition) is 7. The van der Waals surface area contributed by atoms with Crippen molar-refractivity contribution in [1.29, 1.82) is 5.41 Å². The number of aromatic nitrogens is 2. The Labute approximate surface area is 231 Å². The number of rotatable bonds is 6. The lowest BCUT2D eigenvalue weighted by Gasteiger charge is -2.52. The number of benzene rings is 1. The molecule has 1 aromatic carbocycles. The summed E-state index contributed by atoms with van der Waals surface area (Å²) in [7, 11) is 0. The molecule has 196 valence electrons. The highest BCUT2D eigenvalue weighted by molar-refractivity contribution is 7.99. The number of thioether (sulfide) groups is 1. The minimum Gasteiger partial charge on any atom is -0.489 e. The summed E-state index contributed by atoms with van der Waals surface area (Å²) in [6, 6.07) is 8.88. The van der Waals surface area contributed by atoms with Gasteiger partial charge in [-0.05, 0) is 54.7 Å². The molecule has 2 saturated heterocycles. The van der Waals surface area contributed by atoms with Gasteiger partial charge in [-0.15, -0.1) is 0 Å². The minimum atomic E-state index is -0.809. The first-order chi connectivity index (χ1) is 17.8. The standard InChI is InChI=1S/C25H24Cl2FN5OS.C2H6/c26-19-11-32-24(28)22(27)18(19)12-34-16-2-3-20(29)17(9-16)23(30)15-1-4-21(31-10-15)33-13-25(14-33)5-7-35-8-6-25;1-2/h1-4,9-11,30H,5-8,12-14,29H2;1-2H3. The maximum absolute atomic E-state index is 13.7. The lowest BCUT2D eigenvalue weighted by atomic mass is 9.75. The summed E-state index contributed by atoms with van der Waals surface area (Å²) < 4.78 is 19.5. The summed E-state index contributed by atoms with van der Waals surface area (Å²) in [5.41, 5.74) is 8.77. The van der Waals surface area contributed by atoms with Crippen LogP contribution in [0.4, 0.5) is 15.9 Å². The fraction of sp³-hybridized carbons (Fsp3) is 0.370. The monoisotopic (exact) mass is 561 g/mol. The SMILES string of the molecule is CC.N=C(c1ccc(N2CC3(CCSCC3)C2)nc1)c1cc(OCc2c(Cl)cnc(F)c2Cl)ccc1N. The molecular formula is C27H30Cl2FN5OS. The van der Waals surface area contributed by atoms with Gasteiger partial charge in [-0.25, -0.2) is 9.97 Å². The Balaban J connectivity index is 0.00000156. The van der Waals surface area contributed by atoms with E-state index < -0.39 is 5.95 Å². The summed E-state index contributed by atoms with van der Waals surface area (Å²) in [4.78, 5) is 10.4. The third-order valence-corrected chi connectivity index (χ3v) is 8.36. The van der Waals surface area contributed by atoms with Crippen molar-refractivity contribution in [1.82, 2.24) is 9.97 Å². The van der Waals surface area contributed by atoms with Gasteiger partial charge in [0.2, 0.25) is 5.95 Å². The number of anilines is 2. The zero-order valence-corrected chi connectivity index (χ0v) is 23.2. The van der Waals surface area contributed by atoms with E-state index in [4.69, 9.17) is 39.1 Å². The van der Waals surface area contributed by atoms with Crippen LogP contribution in [-0.2, 0) is 6.61 Å². The van der Waals surface area contributed by atoms with Gasteiger partial charge >= 0.3 is 0 Å². The predicted octanol–water partition coefficient (Wildman–Crippen LogP) is 6.86. The number of nitrogens with one attached hydrogen (secondary N) is 1. The van der Waals surface area contributed by atoms with Crippen LogP contribution in [0, 0.1) is 16.8 Å². The average molecular weight is 563 g/mol. The van der Waals surface area contributed by atoms with Gasteiger partial charge in [-0.3, -0.25) is 5.41 Å². The summed E-state index contributed by atoms with van der Waals surface area (Å²) in [5, 5.41) is 8.73. The van der Waals surface area contributed by atoms with Gasteiger partial charge in [0.05, 0.1) is 10.7 Å². The molecule has 5 rings (SSSR count). The molecule has 6 nitrogen and oxygen atoms in total. The number of hydrogen-bond donors (Lipinski definition) is 2. The first-order valence-electron chi connectivity index (χ1n) is 12.2. The molecule has 0 amide bonds. The van der Waals surface area contributed by atoms with E-state index in [9.17, 15) is 4.39 Å². The predicted molar refractivity (Wildman–Crippen MR) is 152 cm³/mol. The summed E-state index contributed by atoms with van der Waals surface area (Å²) in [5.74, 6) is 3.08. The van der Waals surface area contributed by atoms with Gasteiger partial charge in [-0.2, -0.15) is 16.2 Å². The van der Waals surface area contributed by atoms with Gasteiger partial charge in [0.25, 0.3) is 0 Å². The van der Waals surface area contributed by atoms with Crippen molar-refractivity contribution >= 4 is 52.2 Å². The van der Waals surface area contributed by atoms with E-state index in [0.717, 1.165) is 18.9 Å². The molecule has 0 aliphatic carbocycles. The van der Waals surface area contributed by atoms with Crippen molar-refractivity contribution in [2.45, 2.75) is 33.3 Å². The van der Waals surface area contributed by atoms with E-state index >= 15 is 0 Å². The Kier molecular flexibility index (Phi) is 8.82. The largest absolute Gasteiger partial charge is 0.489 e. The third-order valence-electron chi connectivity index (χ3n) is 6.67. The van der Waals surface area contributed by atoms with E-state index in [1.807, 2.05) is 37.7 Å². The van der Waals surface area contributed by atoms with Crippen LogP contribution in [0.2, 0.25) is 10.0 Å². The van der Waals surface area contributed by atoms with Crippen LogP contribution in [0.3, 0.4) is 0 Å². The summed E-state index contributed by atoms with van der Waals surface area (Å²) in [6.07, 6.45) is 5.47. The maximum atomic E-state index is 13.7. The second kappa shape index (κ2) is 11.9. The quantitative estimate of drug-likeness (QED) is 0.194. The van der Waals surface area contributed by atoms with E-state index in [-0.39, 0.29) is 22.4 Å². The molecule has 3 N–H and O–H groups in total. The first-order valence-corrected chi connectivity index (χ1v) is 14.1. The third kappa shape index (κ3) is 5.97. The summed E-state index contributed by atoms with van der Waals surface area (Å²) >= 11 is 14.1. The number of nitrogen functional groups attached to an aromatic ring is 1. The Morgan fingerprint density at radius 1 is 1.14 bits per heavy atom. The molecule has 2 aliphatic rings. The van der Waals surface area contributed by atoms with Gasteiger partial charge in [-0.1, -0.05) is 37.0 Å². The van der Waals surface area contributed by atoms with Crippen LogP contribution in [-0.4, -0.2) is 40.3 Å². The van der Waals surface area contributed by atoms with Crippen molar-refractivity contribution in [3.8, 4) is 5.75 Å². The molecule has 4 heterocycles. The van der Waals surface area contributed by atoms with Crippen LogP contribution in [0.25, 0.3) is 0 Å². The molecular weight excluding hydrogens is 532 g/mol. The van der Waals surface area contributed by atoms with E-state index in [0.29, 0.717) is 33.5 Å². The van der Waals surface area contributed by atoms with Crippen LogP contribution in [0.1, 0.15) is 43.4 Å². The van der Waals surface area contributed by atoms with Crippen LogP contribution < -0.4 is 15.4 Å². The van der Waals surface area contributed by atoms with Gasteiger partial charge < -0.3 is 15.4 Å². The lowest BCUT2D eigenvalue weighted by Crippen LogP contribution is -2.58. The van der Waals surface area contributed by atoms with Gasteiger partial charge in [0.1, 0.15) is 23.2 Å². The smallest absolute Gasteiger partial charge is 0.232 e. The second-order valence-electron chi connectivity index (χ2n) is 8.98. The molecule has 2 aliphatic heterocycles.